The third-order valence-corrected chi connectivity index (χ3v) is 7.20. The van der Waals surface area contributed by atoms with Gasteiger partial charge in [-0.3, -0.25) is 4.79 Å². The molecule has 152 valence electrons. The van der Waals surface area contributed by atoms with Crippen LogP contribution in [-0.2, 0) is 10.7 Å². The van der Waals surface area contributed by atoms with Gasteiger partial charge in [-0.25, -0.2) is 13.8 Å². The highest BCUT2D eigenvalue weighted by molar-refractivity contribution is 5.77. The number of hydrogen-bond acceptors (Lipinski definition) is 5. The highest BCUT2D eigenvalue weighted by atomic mass is 19.3. The average Bonchev–Trinajstić information content (AvgIpc) is 3.05. The van der Waals surface area contributed by atoms with E-state index in [0.717, 1.165) is 13.0 Å². The van der Waals surface area contributed by atoms with Gasteiger partial charge in [0, 0.05) is 52.1 Å². The predicted octanol–water partition coefficient (Wildman–Crippen LogP) is 2.77. The smallest absolute Gasteiger partial charge is 0.303 e. The maximum atomic E-state index is 14.8. The number of carboxylic acids is 1. The zero-order valence-corrected chi connectivity index (χ0v) is 16.2. The number of rotatable bonds is 4. The molecule has 1 aliphatic carbocycles. The summed E-state index contributed by atoms with van der Waals surface area (Å²) < 4.78 is 29.7. The van der Waals surface area contributed by atoms with Crippen LogP contribution in [0.1, 0.15) is 31.7 Å². The highest BCUT2D eigenvalue weighted by Crippen LogP contribution is 2.55. The molecule has 3 fully saturated rings. The Bertz CT molecular complexity index is 821. The van der Waals surface area contributed by atoms with Crippen molar-refractivity contribution in [2.75, 3.05) is 47.9 Å². The van der Waals surface area contributed by atoms with Gasteiger partial charge >= 0.3 is 5.97 Å². The number of carboxylic acid groups (broad SMARTS) is 1. The number of nitrogens with zero attached hydrogens (tertiary/aromatic N) is 4. The Balaban J connectivity index is 1.49. The lowest BCUT2D eigenvalue weighted by molar-refractivity contribution is -0.137. The van der Waals surface area contributed by atoms with Crippen LogP contribution in [0.4, 0.5) is 26.1 Å². The summed E-state index contributed by atoms with van der Waals surface area (Å²) in [5.74, 6) is -1.38. The fourth-order valence-corrected chi connectivity index (χ4v) is 5.26. The summed E-state index contributed by atoms with van der Waals surface area (Å²) in [6.07, 6.45) is 1.08. The van der Waals surface area contributed by atoms with E-state index in [-0.39, 0.29) is 24.3 Å². The van der Waals surface area contributed by atoms with Crippen molar-refractivity contribution >= 4 is 23.3 Å². The van der Waals surface area contributed by atoms with E-state index < -0.39 is 11.9 Å². The summed E-state index contributed by atoms with van der Waals surface area (Å²) in [7, 11) is 1.87. The molecule has 0 spiro atoms. The van der Waals surface area contributed by atoms with Crippen LogP contribution in [0.2, 0.25) is 0 Å². The predicted molar refractivity (Wildman–Crippen MR) is 102 cm³/mol. The van der Waals surface area contributed by atoms with Gasteiger partial charge in [-0.2, -0.15) is 0 Å². The monoisotopic (exact) mass is 392 g/mol. The van der Waals surface area contributed by atoms with Gasteiger partial charge in [0.2, 0.25) is 0 Å². The van der Waals surface area contributed by atoms with E-state index in [4.69, 9.17) is 10.1 Å². The molecule has 5 rings (SSSR count). The Morgan fingerprint density at radius 1 is 1.32 bits per heavy atom. The van der Waals surface area contributed by atoms with Crippen molar-refractivity contribution in [3.63, 3.8) is 0 Å². The Morgan fingerprint density at radius 2 is 2.04 bits per heavy atom. The topological polar surface area (TPSA) is 59.9 Å². The fourth-order valence-electron chi connectivity index (χ4n) is 5.26. The van der Waals surface area contributed by atoms with Crippen LogP contribution in [-0.4, -0.2) is 55.3 Å². The molecule has 1 aromatic rings. The minimum absolute atomic E-state index is 0.0861. The molecular formula is C20H26F2N4O2. The Hall–Kier alpha value is -2.12. The number of alkyl halides is 2. The summed E-state index contributed by atoms with van der Waals surface area (Å²) in [5.41, 5.74) is 0.655. The summed E-state index contributed by atoms with van der Waals surface area (Å²) >= 11 is 0. The van der Waals surface area contributed by atoms with Crippen LogP contribution in [0.5, 0.6) is 0 Å². The van der Waals surface area contributed by atoms with Gasteiger partial charge in [0.1, 0.15) is 5.82 Å². The molecule has 3 atom stereocenters. The molecule has 3 aliphatic heterocycles. The van der Waals surface area contributed by atoms with Crippen molar-refractivity contribution in [2.24, 2.45) is 17.8 Å². The lowest BCUT2D eigenvalue weighted by Gasteiger charge is -2.44. The van der Waals surface area contributed by atoms with E-state index in [2.05, 4.69) is 16.7 Å². The zero-order valence-electron chi connectivity index (χ0n) is 16.2. The quantitative estimate of drug-likeness (QED) is 0.850. The first-order chi connectivity index (χ1) is 13.3. The van der Waals surface area contributed by atoms with Gasteiger partial charge in [-0.05, 0) is 37.2 Å². The Labute approximate surface area is 163 Å². The van der Waals surface area contributed by atoms with E-state index in [1.165, 1.54) is 0 Å². The SMILES string of the molecule is CC1CCN1c1nc(N2CC3C(CC(=O)O)C3C2)cc2c1N(C)CCC2(F)F. The Morgan fingerprint density at radius 3 is 2.61 bits per heavy atom. The van der Waals surface area contributed by atoms with Crippen molar-refractivity contribution in [2.45, 2.75) is 38.2 Å². The third kappa shape index (κ3) is 2.63. The second kappa shape index (κ2) is 5.94. The summed E-state index contributed by atoms with van der Waals surface area (Å²) in [4.78, 5) is 21.9. The molecule has 1 N–H and O–H groups in total. The molecular weight excluding hydrogens is 366 g/mol. The number of aromatic nitrogens is 1. The summed E-state index contributed by atoms with van der Waals surface area (Å²) in [5, 5.41) is 9.01. The standard InChI is InChI=1S/C20H26F2N4O2/c1-11-3-5-26(11)19-18-15(20(21,22)4-6-24(18)2)8-16(23-19)25-9-13-12(7-17(27)28)14(13)10-25/h8,11-14H,3-7,9-10H2,1-2H3,(H,27,28). The van der Waals surface area contributed by atoms with Gasteiger partial charge in [-0.15, -0.1) is 0 Å². The lowest BCUT2D eigenvalue weighted by Crippen LogP contribution is -2.48. The molecule has 4 heterocycles. The number of piperidine rings is 1. The average molecular weight is 392 g/mol. The molecule has 4 aliphatic rings. The molecule has 3 unspecified atom stereocenters. The molecule has 1 aromatic heterocycles. The van der Waals surface area contributed by atoms with E-state index in [1.807, 2.05) is 11.9 Å². The second-order valence-electron chi connectivity index (χ2n) is 8.90. The molecule has 0 radical (unpaired) electrons. The van der Waals surface area contributed by atoms with Crippen LogP contribution >= 0.6 is 0 Å². The number of halogens is 2. The molecule has 0 bridgehead atoms. The van der Waals surface area contributed by atoms with E-state index in [9.17, 15) is 13.6 Å². The van der Waals surface area contributed by atoms with Crippen molar-refractivity contribution in [3.05, 3.63) is 11.6 Å². The molecule has 2 saturated heterocycles. The first-order valence-corrected chi connectivity index (χ1v) is 10.1. The molecule has 1 saturated carbocycles. The van der Waals surface area contributed by atoms with Crippen LogP contribution in [0.15, 0.2) is 6.07 Å². The van der Waals surface area contributed by atoms with Crippen molar-refractivity contribution < 1.29 is 18.7 Å². The van der Waals surface area contributed by atoms with Gasteiger partial charge in [0.15, 0.2) is 5.82 Å². The number of aliphatic carboxylic acids is 1. The normalized spacial score (nSPS) is 32.6. The molecule has 8 heteroatoms. The van der Waals surface area contributed by atoms with Gasteiger partial charge < -0.3 is 19.8 Å². The third-order valence-electron chi connectivity index (χ3n) is 7.20. The van der Waals surface area contributed by atoms with Gasteiger partial charge in [0.05, 0.1) is 11.3 Å². The number of fused-ring (bicyclic) bond motifs is 2. The van der Waals surface area contributed by atoms with Crippen LogP contribution in [0.25, 0.3) is 0 Å². The second-order valence-corrected chi connectivity index (χ2v) is 8.90. The van der Waals surface area contributed by atoms with Crippen LogP contribution in [0.3, 0.4) is 0 Å². The van der Waals surface area contributed by atoms with Crippen LogP contribution in [0, 0.1) is 17.8 Å². The zero-order chi connectivity index (χ0) is 19.8. The maximum absolute atomic E-state index is 14.8. The summed E-state index contributed by atoms with van der Waals surface area (Å²) in [6, 6.07) is 1.89. The fraction of sp³-hybridized carbons (Fsp3) is 0.700. The van der Waals surface area contributed by atoms with E-state index >= 15 is 0 Å². The summed E-state index contributed by atoms with van der Waals surface area (Å²) in [6.45, 7) is 4.69. The minimum atomic E-state index is -2.85. The number of hydrogen-bond donors (Lipinski definition) is 1. The highest BCUT2D eigenvalue weighted by Gasteiger charge is 2.56. The first kappa shape index (κ1) is 17.9. The first-order valence-electron chi connectivity index (χ1n) is 10.1. The molecule has 28 heavy (non-hydrogen) atoms. The molecule has 6 nitrogen and oxygen atoms in total. The number of anilines is 3. The maximum Gasteiger partial charge on any atom is 0.303 e. The number of pyridine rings is 1. The Kier molecular flexibility index (Phi) is 3.81. The minimum Gasteiger partial charge on any atom is -0.481 e. The van der Waals surface area contributed by atoms with E-state index in [0.29, 0.717) is 54.8 Å². The molecule has 0 amide bonds. The van der Waals surface area contributed by atoms with Gasteiger partial charge in [0.25, 0.3) is 5.92 Å². The van der Waals surface area contributed by atoms with Crippen LogP contribution < -0.4 is 14.7 Å². The van der Waals surface area contributed by atoms with Crippen molar-refractivity contribution in [1.82, 2.24) is 4.98 Å². The van der Waals surface area contributed by atoms with E-state index in [1.54, 1.807) is 6.07 Å². The lowest BCUT2D eigenvalue weighted by atomic mass is 9.96. The molecule has 0 aromatic carbocycles. The number of carbonyl (C=O) groups is 1. The van der Waals surface area contributed by atoms with Crippen molar-refractivity contribution in [3.8, 4) is 0 Å². The van der Waals surface area contributed by atoms with Crippen molar-refractivity contribution in [1.29, 1.82) is 0 Å². The largest absolute Gasteiger partial charge is 0.481 e. The van der Waals surface area contributed by atoms with Gasteiger partial charge in [-0.1, -0.05) is 0 Å².